The van der Waals surface area contributed by atoms with Gasteiger partial charge in [0.15, 0.2) is 6.61 Å². The summed E-state index contributed by atoms with van der Waals surface area (Å²) in [6.45, 7) is 5.03. The molecule has 3 N–H and O–H groups in total. The first kappa shape index (κ1) is 23.9. The summed E-state index contributed by atoms with van der Waals surface area (Å²) < 4.78 is 11.1. The van der Waals surface area contributed by atoms with Crippen LogP contribution in [0.5, 0.6) is 11.5 Å². The molecule has 0 unspecified atom stereocenters. The van der Waals surface area contributed by atoms with Crippen LogP contribution in [0.3, 0.4) is 0 Å². The first-order chi connectivity index (χ1) is 16.7. The number of aliphatic carboxylic acids is 1. The number of fused-ring (bicyclic) bond motifs is 2. The standard InChI is InChI=1S/C26H26N2O7/c1-4-17-13(2)18-6-8-22(14(3)24(18)35-26(17)33)34-12-23(30)28-21(25(31)32)9-15-11-27-20-7-5-16(29)10-19(15)20/h5-8,10-11,21,27,29H,4,9,12H2,1-3H3,(H,28,30)(H,31,32)/p-1/t21-/m0/s1. The van der Waals surface area contributed by atoms with Gasteiger partial charge in [0.2, 0.25) is 0 Å². The van der Waals surface area contributed by atoms with Crippen molar-refractivity contribution >= 4 is 33.7 Å². The first-order valence-electron chi connectivity index (χ1n) is 11.2. The molecule has 4 rings (SSSR count). The Morgan fingerprint density at radius 3 is 2.66 bits per heavy atom. The lowest BCUT2D eigenvalue weighted by molar-refractivity contribution is -0.308. The quantitative estimate of drug-likeness (QED) is 0.329. The Morgan fingerprint density at radius 1 is 1.17 bits per heavy atom. The molecule has 0 saturated carbocycles. The summed E-state index contributed by atoms with van der Waals surface area (Å²) in [6, 6.07) is 6.85. The van der Waals surface area contributed by atoms with Crippen molar-refractivity contribution in [1.82, 2.24) is 10.3 Å². The molecule has 182 valence electrons. The van der Waals surface area contributed by atoms with Gasteiger partial charge in [0, 0.05) is 40.0 Å². The fourth-order valence-electron chi connectivity index (χ4n) is 4.26. The van der Waals surface area contributed by atoms with Gasteiger partial charge in [-0.25, -0.2) is 4.79 Å². The van der Waals surface area contributed by atoms with Gasteiger partial charge >= 0.3 is 5.63 Å². The smallest absolute Gasteiger partial charge is 0.339 e. The van der Waals surface area contributed by atoms with Crippen molar-refractivity contribution < 1.29 is 29.0 Å². The topological polar surface area (TPSA) is 145 Å². The summed E-state index contributed by atoms with van der Waals surface area (Å²) in [5.74, 6) is -1.71. The average Bonchev–Trinajstić information content (AvgIpc) is 3.20. The molecule has 0 aliphatic heterocycles. The van der Waals surface area contributed by atoms with E-state index in [-0.39, 0.29) is 12.2 Å². The minimum Gasteiger partial charge on any atom is -0.548 e. The molecular weight excluding hydrogens is 452 g/mol. The summed E-state index contributed by atoms with van der Waals surface area (Å²) in [7, 11) is 0. The molecule has 0 aliphatic rings. The molecule has 35 heavy (non-hydrogen) atoms. The molecule has 2 aromatic heterocycles. The van der Waals surface area contributed by atoms with E-state index < -0.39 is 30.2 Å². The van der Waals surface area contributed by atoms with E-state index in [4.69, 9.17) is 9.15 Å². The number of aromatic amines is 1. The number of hydrogen-bond acceptors (Lipinski definition) is 7. The van der Waals surface area contributed by atoms with Crippen LogP contribution in [0.1, 0.15) is 29.2 Å². The number of ether oxygens (including phenoxy) is 1. The van der Waals surface area contributed by atoms with E-state index in [0.717, 1.165) is 16.5 Å². The number of rotatable bonds is 8. The van der Waals surface area contributed by atoms with Gasteiger partial charge in [-0.1, -0.05) is 6.92 Å². The van der Waals surface area contributed by atoms with Gasteiger partial charge in [-0.15, -0.1) is 0 Å². The van der Waals surface area contributed by atoms with Crippen LogP contribution in [0.2, 0.25) is 0 Å². The fourth-order valence-corrected chi connectivity index (χ4v) is 4.26. The van der Waals surface area contributed by atoms with E-state index in [0.29, 0.717) is 39.8 Å². The van der Waals surface area contributed by atoms with E-state index in [9.17, 15) is 24.6 Å². The highest BCUT2D eigenvalue weighted by molar-refractivity contribution is 5.88. The minimum atomic E-state index is -1.45. The maximum absolute atomic E-state index is 12.5. The molecule has 4 aromatic rings. The summed E-state index contributed by atoms with van der Waals surface area (Å²) in [5.41, 5.74) is 3.33. The highest BCUT2D eigenvalue weighted by Gasteiger charge is 2.19. The van der Waals surface area contributed by atoms with Gasteiger partial charge in [-0.2, -0.15) is 0 Å². The van der Waals surface area contributed by atoms with Crippen LogP contribution >= 0.6 is 0 Å². The van der Waals surface area contributed by atoms with Crippen molar-refractivity contribution in [2.75, 3.05) is 6.61 Å². The number of benzene rings is 2. The number of carboxylic acids is 1. The second-order valence-electron chi connectivity index (χ2n) is 8.39. The van der Waals surface area contributed by atoms with Gasteiger partial charge in [-0.05, 0) is 61.7 Å². The Kier molecular flexibility index (Phi) is 6.50. The number of amides is 1. The highest BCUT2D eigenvalue weighted by atomic mass is 16.5. The van der Waals surface area contributed by atoms with Crippen LogP contribution in [0.25, 0.3) is 21.9 Å². The fraction of sp³-hybridized carbons (Fsp3) is 0.269. The summed E-state index contributed by atoms with van der Waals surface area (Å²) in [5, 5.41) is 25.3. The largest absolute Gasteiger partial charge is 0.548 e. The van der Waals surface area contributed by atoms with Crippen molar-refractivity contribution in [3.8, 4) is 11.5 Å². The molecule has 9 heteroatoms. The SMILES string of the molecule is CCc1c(C)c2ccc(OCC(=O)N[C@@H](Cc3c[nH]c4ccc(O)cc34)C(=O)[O-])c(C)c2oc1=O. The number of aromatic hydroxyl groups is 1. The van der Waals surface area contributed by atoms with Gasteiger partial charge in [0.1, 0.15) is 17.1 Å². The van der Waals surface area contributed by atoms with E-state index in [1.807, 2.05) is 13.8 Å². The summed E-state index contributed by atoms with van der Waals surface area (Å²) in [4.78, 5) is 39.5. The Hall–Kier alpha value is -4.27. The monoisotopic (exact) mass is 477 g/mol. The lowest BCUT2D eigenvalue weighted by Gasteiger charge is -2.20. The van der Waals surface area contributed by atoms with Crippen LogP contribution < -0.4 is 20.8 Å². The Balaban J connectivity index is 1.48. The molecule has 0 aliphatic carbocycles. The van der Waals surface area contributed by atoms with Crippen molar-refractivity contribution in [3.63, 3.8) is 0 Å². The lowest BCUT2D eigenvalue weighted by atomic mass is 10.0. The molecule has 2 aromatic carbocycles. The molecule has 0 saturated heterocycles. The number of hydrogen-bond donors (Lipinski definition) is 3. The van der Waals surface area contributed by atoms with Crippen LogP contribution in [-0.4, -0.2) is 34.6 Å². The number of phenols is 1. The van der Waals surface area contributed by atoms with E-state index in [2.05, 4.69) is 10.3 Å². The number of phenolic OH excluding ortho intramolecular Hbond substituents is 1. The molecular formula is C26H25N2O7-. The molecule has 1 atom stereocenters. The maximum Gasteiger partial charge on any atom is 0.339 e. The molecule has 0 spiro atoms. The van der Waals surface area contributed by atoms with Crippen LogP contribution in [0, 0.1) is 13.8 Å². The molecule has 1 amide bonds. The van der Waals surface area contributed by atoms with Crippen LogP contribution in [0.15, 0.2) is 45.7 Å². The Bertz CT molecular complexity index is 1500. The third-order valence-electron chi connectivity index (χ3n) is 6.16. The third kappa shape index (κ3) is 4.70. The number of carboxylic acid groups (broad SMARTS) is 1. The number of carbonyl (C=O) groups is 2. The highest BCUT2D eigenvalue weighted by Crippen LogP contribution is 2.29. The second-order valence-corrected chi connectivity index (χ2v) is 8.39. The van der Waals surface area contributed by atoms with Crippen LogP contribution in [-0.2, 0) is 22.4 Å². The zero-order chi connectivity index (χ0) is 25.3. The normalized spacial score (nSPS) is 12.1. The number of aryl methyl sites for hydroxylation is 2. The molecule has 0 radical (unpaired) electrons. The van der Waals surface area contributed by atoms with E-state index in [1.54, 1.807) is 31.3 Å². The molecule has 9 nitrogen and oxygen atoms in total. The number of H-pyrrole nitrogens is 1. The molecule has 0 bridgehead atoms. The third-order valence-corrected chi connectivity index (χ3v) is 6.16. The maximum atomic E-state index is 12.5. The zero-order valence-corrected chi connectivity index (χ0v) is 19.6. The van der Waals surface area contributed by atoms with Gasteiger partial charge < -0.3 is 34.5 Å². The Morgan fingerprint density at radius 2 is 1.94 bits per heavy atom. The van der Waals surface area contributed by atoms with E-state index in [1.165, 1.54) is 12.1 Å². The van der Waals surface area contributed by atoms with E-state index >= 15 is 0 Å². The van der Waals surface area contributed by atoms with Gasteiger partial charge in [0.05, 0.1) is 12.0 Å². The van der Waals surface area contributed by atoms with Crippen molar-refractivity contribution in [1.29, 1.82) is 0 Å². The average molecular weight is 477 g/mol. The number of nitrogens with one attached hydrogen (secondary N) is 2. The van der Waals surface area contributed by atoms with Crippen LogP contribution in [0.4, 0.5) is 0 Å². The van der Waals surface area contributed by atoms with Crippen molar-refractivity contribution in [2.45, 2.75) is 39.7 Å². The Labute approximate surface area is 200 Å². The summed E-state index contributed by atoms with van der Waals surface area (Å²) >= 11 is 0. The first-order valence-corrected chi connectivity index (χ1v) is 11.2. The zero-order valence-electron chi connectivity index (χ0n) is 19.6. The van der Waals surface area contributed by atoms with Gasteiger partial charge in [-0.3, -0.25) is 4.79 Å². The predicted octanol–water partition coefficient (Wildman–Crippen LogP) is 2.02. The second kappa shape index (κ2) is 9.54. The molecule has 0 fully saturated rings. The minimum absolute atomic E-state index is 0.0449. The van der Waals surface area contributed by atoms with Gasteiger partial charge in [0.25, 0.3) is 5.91 Å². The van der Waals surface area contributed by atoms with Crippen molar-refractivity contribution in [2.24, 2.45) is 0 Å². The lowest BCUT2D eigenvalue weighted by Crippen LogP contribution is -2.50. The molecule has 2 heterocycles. The predicted molar refractivity (Wildman–Crippen MR) is 127 cm³/mol. The summed E-state index contributed by atoms with van der Waals surface area (Å²) in [6.07, 6.45) is 2.14. The number of carbonyl (C=O) groups excluding carboxylic acids is 2. The number of aromatic nitrogens is 1. The van der Waals surface area contributed by atoms with Crippen molar-refractivity contribution in [3.05, 3.63) is 69.2 Å².